The summed E-state index contributed by atoms with van der Waals surface area (Å²) in [6, 6.07) is 13.1. The molecule has 0 radical (unpaired) electrons. The number of anilines is 1. The van der Waals surface area contributed by atoms with Crippen LogP contribution in [0.4, 0.5) is 5.69 Å². The van der Waals surface area contributed by atoms with E-state index in [-0.39, 0.29) is 37.0 Å². The molecule has 2 amide bonds. The fourth-order valence-electron chi connectivity index (χ4n) is 8.89. The normalized spacial score (nSPS) is 28.5. The van der Waals surface area contributed by atoms with Crippen molar-refractivity contribution in [3.05, 3.63) is 53.6 Å². The molecule has 0 spiro atoms. The van der Waals surface area contributed by atoms with Crippen molar-refractivity contribution < 1.29 is 29.4 Å². The van der Waals surface area contributed by atoms with E-state index in [0.29, 0.717) is 41.3 Å². The Morgan fingerprint density at radius 1 is 1.10 bits per heavy atom. The standard InChI is InChI=1S/C40H60N4O6/c1-23(2)13-31(22-49-9)41-38(47)29-15-28(16-32(17-29)43(7)8)27-12-10-11-26(14-27)20-44-37(36(25(4)46)35(21-45)50-44)39(48)42-34-19-30-18-33(24(34)3)40(30,5)6/h10-12,14-17,23-25,30-31,33-37,45-46H,13,18-22H2,1-9H3,(H,41,47)(H,42,48)/t24-,25-,30+,31-,33-,34-,35-,36+,37-/m0/s1. The quantitative estimate of drug-likeness (QED) is 0.221. The van der Waals surface area contributed by atoms with Gasteiger partial charge in [-0.2, -0.15) is 5.06 Å². The largest absolute Gasteiger partial charge is 0.394 e. The van der Waals surface area contributed by atoms with Crippen molar-refractivity contribution in [1.82, 2.24) is 15.7 Å². The van der Waals surface area contributed by atoms with E-state index in [1.807, 2.05) is 55.4 Å². The van der Waals surface area contributed by atoms with Gasteiger partial charge >= 0.3 is 0 Å². The van der Waals surface area contributed by atoms with Crippen LogP contribution in [0.25, 0.3) is 11.1 Å². The summed E-state index contributed by atoms with van der Waals surface area (Å²) in [7, 11) is 5.55. The molecular weight excluding hydrogens is 632 g/mol. The van der Waals surface area contributed by atoms with Crippen LogP contribution in [0, 0.1) is 35.0 Å². The van der Waals surface area contributed by atoms with Crippen molar-refractivity contribution in [3.63, 3.8) is 0 Å². The summed E-state index contributed by atoms with van der Waals surface area (Å²) < 4.78 is 5.39. The summed E-state index contributed by atoms with van der Waals surface area (Å²) in [5.74, 6) is 1.02. The number of hydroxylamine groups is 2. The van der Waals surface area contributed by atoms with Crippen molar-refractivity contribution >= 4 is 17.5 Å². The Labute approximate surface area is 298 Å². The number of aliphatic hydroxyl groups excluding tert-OH is 2. The van der Waals surface area contributed by atoms with E-state index in [9.17, 15) is 19.8 Å². The number of ether oxygens (including phenoxy) is 1. The molecule has 1 heterocycles. The molecule has 2 bridgehead atoms. The predicted molar refractivity (Wildman–Crippen MR) is 196 cm³/mol. The highest BCUT2D eigenvalue weighted by molar-refractivity contribution is 5.97. The van der Waals surface area contributed by atoms with Crippen LogP contribution in [0.15, 0.2) is 42.5 Å². The average molecular weight is 693 g/mol. The first kappa shape index (κ1) is 38.2. The van der Waals surface area contributed by atoms with Crippen molar-refractivity contribution in [2.45, 2.75) is 97.7 Å². The number of fused-ring (bicyclic) bond motifs is 2. The third-order valence-electron chi connectivity index (χ3n) is 11.8. The minimum atomic E-state index is -0.863. The molecule has 4 N–H and O–H groups in total. The van der Waals surface area contributed by atoms with Gasteiger partial charge in [0.1, 0.15) is 12.1 Å². The third kappa shape index (κ3) is 8.05. The lowest BCUT2D eigenvalue weighted by Crippen LogP contribution is -2.62. The number of carbonyl (C=O) groups is 2. The van der Waals surface area contributed by atoms with Gasteiger partial charge in [-0.3, -0.25) is 14.4 Å². The molecule has 50 heavy (non-hydrogen) atoms. The summed E-state index contributed by atoms with van der Waals surface area (Å²) in [5.41, 5.74) is 4.46. The number of methoxy groups -OCH3 is 1. The first-order valence-corrected chi connectivity index (χ1v) is 18.4. The predicted octanol–water partition coefficient (Wildman–Crippen LogP) is 4.87. The second-order valence-electron chi connectivity index (χ2n) is 16.4. The van der Waals surface area contributed by atoms with Gasteiger partial charge in [-0.05, 0) is 96.2 Å². The molecule has 0 aromatic heterocycles. The Hall–Kier alpha value is -3.02. The maximum Gasteiger partial charge on any atom is 0.251 e. The number of hydrogen-bond donors (Lipinski definition) is 4. The van der Waals surface area contributed by atoms with Crippen molar-refractivity contribution in [1.29, 1.82) is 0 Å². The Bertz CT molecular complexity index is 1490. The van der Waals surface area contributed by atoms with E-state index in [1.165, 1.54) is 6.42 Å². The molecule has 3 aliphatic carbocycles. The van der Waals surface area contributed by atoms with Gasteiger partial charge in [0, 0.05) is 44.4 Å². The lowest BCUT2D eigenvalue weighted by molar-refractivity contribution is -0.183. The Morgan fingerprint density at radius 2 is 1.84 bits per heavy atom. The Balaban J connectivity index is 1.38. The Kier molecular flexibility index (Phi) is 12.0. The molecule has 3 saturated carbocycles. The zero-order chi connectivity index (χ0) is 36.5. The molecule has 276 valence electrons. The summed E-state index contributed by atoms with van der Waals surface area (Å²) in [6.45, 7) is 13.3. The van der Waals surface area contributed by atoms with Gasteiger partial charge in [0.05, 0.1) is 31.9 Å². The summed E-state index contributed by atoms with van der Waals surface area (Å²) in [5, 5.41) is 29.3. The van der Waals surface area contributed by atoms with E-state index in [0.717, 1.165) is 35.2 Å². The SMILES string of the molecule is COC[C@H](CC(C)C)NC(=O)c1cc(-c2cccc(CN3O[C@@H](CO)[C@@H]([C@H](C)O)[C@H]3C(=O)N[C@H]3C[C@H]4C[C@@H]([C@@H]3C)C4(C)C)c2)cc(N(C)C)c1. The fraction of sp³-hybridized carbons (Fsp3) is 0.650. The first-order chi connectivity index (χ1) is 23.6. The van der Waals surface area contributed by atoms with E-state index >= 15 is 0 Å². The molecule has 10 heteroatoms. The third-order valence-corrected chi connectivity index (χ3v) is 11.8. The van der Waals surface area contributed by atoms with Crippen LogP contribution >= 0.6 is 0 Å². The van der Waals surface area contributed by atoms with Gasteiger partial charge in [0.15, 0.2) is 0 Å². The zero-order valence-electron chi connectivity index (χ0n) is 31.5. The lowest BCUT2D eigenvalue weighted by Gasteiger charge is -2.62. The lowest BCUT2D eigenvalue weighted by atomic mass is 9.45. The molecular formula is C40H60N4O6. The molecule has 2 aromatic carbocycles. The highest BCUT2D eigenvalue weighted by Gasteiger charge is 2.57. The number of nitrogens with one attached hydrogen (secondary N) is 2. The zero-order valence-corrected chi connectivity index (χ0v) is 31.5. The second kappa shape index (κ2) is 15.7. The summed E-state index contributed by atoms with van der Waals surface area (Å²) >= 11 is 0. The van der Waals surface area contributed by atoms with Crippen LogP contribution < -0.4 is 15.5 Å². The molecule has 1 saturated heterocycles. The molecule has 10 nitrogen and oxygen atoms in total. The fourth-order valence-corrected chi connectivity index (χ4v) is 8.89. The van der Waals surface area contributed by atoms with Crippen molar-refractivity contribution in [3.8, 4) is 11.1 Å². The van der Waals surface area contributed by atoms with Crippen LogP contribution in [0.3, 0.4) is 0 Å². The van der Waals surface area contributed by atoms with Gasteiger partial charge in [0.2, 0.25) is 5.91 Å². The maximum absolute atomic E-state index is 14.1. The molecule has 9 atom stereocenters. The maximum atomic E-state index is 14.1. The van der Waals surface area contributed by atoms with Gasteiger partial charge in [-0.15, -0.1) is 0 Å². The summed E-state index contributed by atoms with van der Waals surface area (Å²) in [6.07, 6.45) is 1.41. The highest BCUT2D eigenvalue weighted by Crippen LogP contribution is 2.61. The number of aliphatic hydroxyl groups is 2. The number of carbonyl (C=O) groups excluding carboxylic acids is 2. The van der Waals surface area contributed by atoms with Crippen LogP contribution in [0.1, 0.15) is 76.7 Å². The number of amides is 2. The van der Waals surface area contributed by atoms with Crippen LogP contribution in [0.2, 0.25) is 0 Å². The van der Waals surface area contributed by atoms with E-state index in [1.54, 1.807) is 19.1 Å². The Morgan fingerprint density at radius 3 is 2.44 bits per heavy atom. The minimum Gasteiger partial charge on any atom is -0.394 e. The first-order valence-electron chi connectivity index (χ1n) is 18.4. The highest BCUT2D eigenvalue weighted by atomic mass is 16.7. The number of benzene rings is 2. The van der Waals surface area contributed by atoms with Gasteiger partial charge in [-0.1, -0.05) is 52.8 Å². The number of nitrogens with zero attached hydrogens (tertiary/aromatic N) is 2. The van der Waals surface area contributed by atoms with E-state index in [4.69, 9.17) is 9.57 Å². The molecule has 4 fully saturated rings. The topological polar surface area (TPSA) is 124 Å². The molecule has 2 aromatic rings. The number of hydrogen-bond acceptors (Lipinski definition) is 8. The van der Waals surface area contributed by atoms with Crippen LogP contribution in [0.5, 0.6) is 0 Å². The average Bonchev–Trinajstić information content (AvgIpc) is 3.43. The number of rotatable bonds is 14. The van der Waals surface area contributed by atoms with Crippen LogP contribution in [-0.2, 0) is 20.9 Å². The van der Waals surface area contributed by atoms with Crippen LogP contribution in [-0.4, -0.2) is 91.8 Å². The molecule has 0 unspecified atom stereocenters. The molecule has 1 aliphatic heterocycles. The van der Waals surface area contributed by atoms with Crippen molar-refractivity contribution in [2.24, 2.45) is 35.0 Å². The van der Waals surface area contributed by atoms with E-state index in [2.05, 4.69) is 51.3 Å². The smallest absolute Gasteiger partial charge is 0.251 e. The van der Waals surface area contributed by atoms with Gasteiger partial charge < -0.3 is 30.5 Å². The molecule has 6 rings (SSSR count). The second-order valence-corrected chi connectivity index (χ2v) is 16.4. The van der Waals surface area contributed by atoms with Gasteiger partial charge in [0.25, 0.3) is 5.91 Å². The molecule has 4 aliphatic rings. The van der Waals surface area contributed by atoms with Crippen molar-refractivity contribution in [2.75, 3.05) is 39.3 Å². The van der Waals surface area contributed by atoms with E-state index < -0.39 is 24.2 Å². The summed E-state index contributed by atoms with van der Waals surface area (Å²) in [4.78, 5) is 35.9. The van der Waals surface area contributed by atoms with Gasteiger partial charge in [-0.25, -0.2) is 0 Å². The minimum absolute atomic E-state index is 0.0674. The monoisotopic (exact) mass is 692 g/mol.